The van der Waals surface area contributed by atoms with Gasteiger partial charge in [-0.05, 0) is 0 Å². The highest BCUT2D eigenvalue weighted by Crippen LogP contribution is 2.38. The van der Waals surface area contributed by atoms with E-state index in [0.29, 0.717) is 0 Å². The zero-order valence-corrected chi connectivity index (χ0v) is 9.71. The van der Waals surface area contributed by atoms with Crippen LogP contribution < -0.4 is 0 Å². The van der Waals surface area contributed by atoms with Crippen LogP contribution in [0.2, 0.25) is 0 Å². The summed E-state index contributed by atoms with van der Waals surface area (Å²) in [6, 6.07) is 1.99. The molecule has 0 amide bonds. The molecule has 3 heterocycles. The average molecular weight is 196 g/mol. The van der Waals surface area contributed by atoms with Crippen molar-refractivity contribution in [1.82, 2.24) is 0 Å². The van der Waals surface area contributed by atoms with Gasteiger partial charge in [-0.25, -0.2) is 0 Å². The minimum Gasteiger partial charge on any atom is -0.314 e. The van der Waals surface area contributed by atoms with Gasteiger partial charge in [-0.15, -0.1) is 0 Å². The van der Waals surface area contributed by atoms with Crippen molar-refractivity contribution >= 4 is 0 Å². The monoisotopic (exact) mass is 196 g/mol. The van der Waals surface area contributed by atoms with E-state index in [9.17, 15) is 0 Å². The third-order valence-electron chi connectivity index (χ3n) is 5.43. The largest absolute Gasteiger partial charge is 0.314 e. The molecule has 0 aromatic carbocycles. The van der Waals surface area contributed by atoms with E-state index in [1.54, 1.807) is 0 Å². The van der Waals surface area contributed by atoms with Crippen molar-refractivity contribution in [1.29, 1.82) is 0 Å². The summed E-state index contributed by atoms with van der Waals surface area (Å²) in [6.07, 6.45) is 5.95. The fraction of sp³-hybridized carbons (Fsp3) is 1.00. The molecule has 3 fully saturated rings. The number of fused-ring (bicyclic) bond motifs is 2. The van der Waals surface area contributed by atoms with Crippen LogP contribution >= 0.6 is 0 Å². The van der Waals surface area contributed by atoms with Crippen molar-refractivity contribution < 1.29 is 8.97 Å². The van der Waals surface area contributed by atoms with E-state index < -0.39 is 0 Å². The minimum atomic E-state index is 0.995. The molecule has 3 aliphatic rings. The smallest absolute Gasteiger partial charge is 0.139 e. The topological polar surface area (TPSA) is 0 Å². The molecular weight excluding hydrogens is 172 g/mol. The summed E-state index contributed by atoms with van der Waals surface area (Å²) < 4.78 is 2.83. The van der Waals surface area contributed by atoms with Gasteiger partial charge in [0.25, 0.3) is 0 Å². The predicted octanol–water partition coefficient (Wildman–Crippen LogP) is 1.22. The molecule has 0 saturated carbocycles. The molecular formula is C12H24N2+2. The Morgan fingerprint density at radius 3 is 1.64 bits per heavy atom. The molecule has 0 spiro atoms. The minimum absolute atomic E-state index is 0.995. The van der Waals surface area contributed by atoms with Crippen molar-refractivity contribution in [2.75, 3.05) is 40.3 Å². The number of piperazine rings is 1. The van der Waals surface area contributed by atoms with E-state index in [2.05, 4.69) is 14.1 Å². The highest BCUT2D eigenvalue weighted by molar-refractivity contribution is 4.78. The van der Waals surface area contributed by atoms with Crippen molar-refractivity contribution in [3.8, 4) is 0 Å². The summed E-state index contributed by atoms with van der Waals surface area (Å²) in [7, 11) is 5.03. The lowest BCUT2D eigenvalue weighted by Gasteiger charge is -2.50. The molecule has 3 saturated heterocycles. The third kappa shape index (κ3) is 1.10. The molecule has 3 aliphatic heterocycles. The SMILES string of the molecule is C[N+]12CCCC1C[N+]1(C)CCCC1C2. The van der Waals surface area contributed by atoms with Crippen LogP contribution in [0.5, 0.6) is 0 Å². The van der Waals surface area contributed by atoms with Gasteiger partial charge >= 0.3 is 0 Å². The van der Waals surface area contributed by atoms with Gasteiger partial charge in [0.1, 0.15) is 25.2 Å². The van der Waals surface area contributed by atoms with Crippen molar-refractivity contribution in [2.24, 2.45) is 0 Å². The maximum absolute atomic E-state index is 2.51. The molecule has 0 aromatic heterocycles. The zero-order chi connectivity index (χ0) is 9.81. The molecule has 0 bridgehead atoms. The third-order valence-corrected chi connectivity index (χ3v) is 5.43. The molecule has 2 nitrogen and oxygen atoms in total. The van der Waals surface area contributed by atoms with Gasteiger partial charge in [0.2, 0.25) is 0 Å². The summed E-state index contributed by atoms with van der Waals surface area (Å²) in [5, 5.41) is 0. The van der Waals surface area contributed by atoms with E-state index in [4.69, 9.17) is 0 Å². The average Bonchev–Trinajstić information content (AvgIpc) is 2.61. The first-order valence-electron chi connectivity index (χ1n) is 6.31. The lowest BCUT2D eigenvalue weighted by molar-refractivity contribution is -1.03. The van der Waals surface area contributed by atoms with E-state index >= 15 is 0 Å². The summed E-state index contributed by atoms with van der Waals surface area (Å²) in [5.74, 6) is 0. The summed E-state index contributed by atoms with van der Waals surface area (Å²) in [5.41, 5.74) is 0. The van der Waals surface area contributed by atoms with E-state index in [1.807, 2.05) is 0 Å². The van der Waals surface area contributed by atoms with Crippen LogP contribution in [0.4, 0.5) is 0 Å². The van der Waals surface area contributed by atoms with Gasteiger partial charge in [-0.2, -0.15) is 0 Å². The van der Waals surface area contributed by atoms with Crippen molar-refractivity contribution in [2.45, 2.75) is 37.8 Å². The standard InChI is InChI=1S/C12H24N2/c1-13-7-3-5-11(13)10-14(2)8-4-6-12(14)9-13/h11-12H,3-10H2,1-2H3/q+2. The molecule has 0 aromatic rings. The summed E-state index contributed by atoms with van der Waals surface area (Å²) >= 11 is 0. The van der Waals surface area contributed by atoms with Crippen LogP contribution in [0.1, 0.15) is 25.7 Å². The Morgan fingerprint density at radius 1 is 0.786 bits per heavy atom. The zero-order valence-electron chi connectivity index (χ0n) is 9.71. The van der Waals surface area contributed by atoms with Gasteiger partial charge in [0.15, 0.2) is 0 Å². The highest BCUT2D eigenvalue weighted by atomic mass is 15.5. The van der Waals surface area contributed by atoms with Gasteiger partial charge in [0, 0.05) is 25.7 Å². The van der Waals surface area contributed by atoms with Crippen LogP contribution in [-0.4, -0.2) is 61.3 Å². The fourth-order valence-corrected chi connectivity index (χ4v) is 4.39. The van der Waals surface area contributed by atoms with Crippen molar-refractivity contribution in [3.63, 3.8) is 0 Å². The maximum atomic E-state index is 2.51. The van der Waals surface area contributed by atoms with Gasteiger partial charge < -0.3 is 8.97 Å². The summed E-state index contributed by atoms with van der Waals surface area (Å²) in [4.78, 5) is 0. The second kappa shape index (κ2) is 2.73. The molecule has 0 radical (unpaired) electrons. The second-order valence-corrected chi connectivity index (χ2v) is 6.36. The van der Waals surface area contributed by atoms with E-state index in [0.717, 1.165) is 12.1 Å². The number of nitrogens with zero attached hydrogens (tertiary/aromatic N) is 2. The Morgan fingerprint density at radius 2 is 1.21 bits per heavy atom. The first-order valence-corrected chi connectivity index (χ1v) is 6.31. The number of quaternary nitrogens is 2. The number of hydrogen-bond acceptors (Lipinski definition) is 0. The van der Waals surface area contributed by atoms with Gasteiger partial charge in [-0.3, -0.25) is 0 Å². The molecule has 0 aliphatic carbocycles. The molecule has 80 valence electrons. The van der Waals surface area contributed by atoms with Gasteiger partial charge in [0.05, 0.1) is 27.2 Å². The first kappa shape index (κ1) is 9.17. The van der Waals surface area contributed by atoms with Crippen LogP contribution in [0.3, 0.4) is 0 Å². The highest BCUT2D eigenvalue weighted by Gasteiger charge is 2.54. The van der Waals surface area contributed by atoms with Crippen LogP contribution in [0.25, 0.3) is 0 Å². The Kier molecular flexibility index (Phi) is 1.79. The van der Waals surface area contributed by atoms with Crippen LogP contribution in [0.15, 0.2) is 0 Å². The van der Waals surface area contributed by atoms with Crippen LogP contribution in [-0.2, 0) is 0 Å². The molecule has 2 heteroatoms. The lowest BCUT2D eigenvalue weighted by atomic mass is 10.0. The van der Waals surface area contributed by atoms with Gasteiger partial charge in [-0.1, -0.05) is 0 Å². The fourth-order valence-electron chi connectivity index (χ4n) is 4.39. The molecule has 0 N–H and O–H groups in total. The Bertz CT molecular complexity index is 227. The Labute approximate surface area is 87.7 Å². The van der Waals surface area contributed by atoms with E-state index in [-0.39, 0.29) is 0 Å². The molecule has 4 unspecified atom stereocenters. The van der Waals surface area contributed by atoms with Crippen LogP contribution in [0, 0.1) is 0 Å². The van der Waals surface area contributed by atoms with E-state index in [1.165, 1.54) is 60.8 Å². The summed E-state index contributed by atoms with van der Waals surface area (Å²) in [6.45, 7) is 5.87. The quantitative estimate of drug-likeness (QED) is 0.511. The Hall–Kier alpha value is -0.0800. The predicted molar refractivity (Wildman–Crippen MR) is 57.9 cm³/mol. The molecule has 3 rings (SSSR count). The van der Waals surface area contributed by atoms with Crippen molar-refractivity contribution in [3.05, 3.63) is 0 Å². The molecule has 14 heavy (non-hydrogen) atoms. The number of hydrogen-bond donors (Lipinski definition) is 0. The maximum Gasteiger partial charge on any atom is 0.139 e. The second-order valence-electron chi connectivity index (χ2n) is 6.36. The number of likely N-dealkylation sites (N-methyl/N-ethyl adjacent to an activating group) is 2. The normalized spacial score (nSPS) is 57.0. The Balaban J connectivity index is 1.88. The number of rotatable bonds is 0. The lowest BCUT2D eigenvalue weighted by Crippen LogP contribution is -2.69. The first-order chi connectivity index (χ1) is 6.62. The molecule has 4 atom stereocenters.